The van der Waals surface area contributed by atoms with Gasteiger partial charge in [-0.05, 0) is 37.6 Å². The van der Waals surface area contributed by atoms with Gasteiger partial charge in [-0.25, -0.2) is 4.98 Å². The molecule has 1 N–H and O–H groups in total. The lowest BCUT2D eigenvalue weighted by Crippen LogP contribution is -2.41. The number of morpholine rings is 1. The monoisotopic (exact) mass is 326 g/mol. The number of ether oxygens (including phenoxy) is 1. The van der Waals surface area contributed by atoms with E-state index in [0.717, 1.165) is 28.5 Å². The third-order valence-electron chi connectivity index (χ3n) is 4.09. The number of rotatable bonds is 3. The molecule has 3 rings (SSSR count). The van der Waals surface area contributed by atoms with Gasteiger partial charge in [-0.2, -0.15) is 0 Å². The molecule has 0 aromatic carbocycles. The normalized spacial score (nSPS) is 17.6. The molecule has 6 heteroatoms. The van der Waals surface area contributed by atoms with Gasteiger partial charge in [0.1, 0.15) is 11.9 Å². The number of hydrogen-bond donors (Lipinski definition) is 1. The van der Waals surface area contributed by atoms with E-state index in [9.17, 15) is 4.79 Å². The largest absolute Gasteiger partial charge is 0.368 e. The van der Waals surface area contributed by atoms with Crippen LogP contribution in [0.2, 0.25) is 0 Å². The van der Waals surface area contributed by atoms with Crippen molar-refractivity contribution in [3.63, 3.8) is 0 Å². The van der Waals surface area contributed by atoms with Crippen LogP contribution in [0.5, 0.6) is 0 Å². The number of aryl methyl sites for hydroxylation is 2. The highest BCUT2D eigenvalue weighted by atomic mass is 16.5. The van der Waals surface area contributed by atoms with Crippen LogP contribution in [0.4, 0.5) is 11.5 Å². The van der Waals surface area contributed by atoms with Gasteiger partial charge >= 0.3 is 0 Å². The summed E-state index contributed by atoms with van der Waals surface area (Å²) < 4.78 is 5.83. The Balaban J connectivity index is 1.84. The fourth-order valence-electron chi connectivity index (χ4n) is 2.80. The zero-order chi connectivity index (χ0) is 17.1. The summed E-state index contributed by atoms with van der Waals surface area (Å²) in [6.07, 6.45) is 1.56. The van der Waals surface area contributed by atoms with Crippen LogP contribution in [0.1, 0.15) is 30.0 Å². The van der Waals surface area contributed by atoms with Crippen molar-refractivity contribution in [3.8, 4) is 0 Å². The second-order valence-corrected chi connectivity index (χ2v) is 6.04. The molecule has 1 saturated heterocycles. The summed E-state index contributed by atoms with van der Waals surface area (Å²) in [4.78, 5) is 22.4. The average molecular weight is 326 g/mol. The topological polar surface area (TPSA) is 67.3 Å². The number of anilines is 2. The molecule has 1 aliphatic heterocycles. The highest BCUT2D eigenvalue weighted by Gasteiger charge is 2.25. The Kier molecular flexibility index (Phi) is 4.76. The lowest BCUT2D eigenvalue weighted by Gasteiger charge is -2.32. The Bertz CT molecular complexity index is 748. The highest BCUT2D eigenvalue weighted by Crippen LogP contribution is 2.25. The maximum absolute atomic E-state index is 11.6. The minimum absolute atomic E-state index is 0.0680. The highest BCUT2D eigenvalue weighted by molar-refractivity contribution is 5.73. The van der Waals surface area contributed by atoms with E-state index in [-0.39, 0.29) is 12.0 Å². The number of carbonyl (C=O) groups is 1. The number of pyridine rings is 2. The van der Waals surface area contributed by atoms with Crippen LogP contribution >= 0.6 is 0 Å². The number of hydrogen-bond acceptors (Lipinski definition) is 5. The summed E-state index contributed by atoms with van der Waals surface area (Å²) >= 11 is 0. The summed E-state index contributed by atoms with van der Waals surface area (Å²) in [6.45, 7) is 7.25. The number of carbonyl (C=O) groups excluding carboxylic acids is 1. The maximum Gasteiger partial charge on any atom is 0.219 e. The van der Waals surface area contributed by atoms with Crippen molar-refractivity contribution in [1.29, 1.82) is 0 Å². The zero-order valence-corrected chi connectivity index (χ0v) is 14.2. The van der Waals surface area contributed by atoms with E-state index >= 15 is 0 Å². The molecular weight excluding hydrogens is 304 g/mol. The first-order chi connectivity index (χ1) is 11.5. The average Bonchev–Trinajstić information content (AvgIpc) is 2.56. The third-order valence-corrected chi connectivity index (χ3v) is 4.09. The van der Waals surface area contributed by atoms with E-state index in [1.165, 1.54) is 0 Å². The van der Waals surface area contributed by atoms with Gasteiger partial charge in [-0.15, -0.1) is 0 Å². The molecule has 24 heavy (non-hydrogen) atoms. The minimum atomic E-state index is -0.201. The van der Waals surface area contributed by atoms with Gasteiger partial charge < -0.3 is 15.0 Å². The first-order valence-electron chi connectivity index (χ1n) is 8.07. The number of nitrogens with zero attached hydrogens (tertiary/aromatic N) is 3. The molecule has 0 aliphatic carbocycles. The van der Waals surface area contributed by atoms with E-state index in [1.54, 1.807) is 18.0 Å². The fraction of sp³-hybridized carbons (Fsp3) is 0.389. The lowest BCUT2D eigenvalue weighted by molar-refractivity contribution is -0.136. The molecule has 0 radical (unpaired) electrons. The predicted molar refractivity (Wildman–Crippen MR) is 92.2 cm³/mol. The molecule has 3 heterocycles. The molecule has 1 unspecified atom stereocenters. The number of aromatic nitrogens is 2. The zero-order valence-electron chi connectivity index (χ0n) is 14.2. The van der Waals surface area contributed by atoms with Crippen LogP contribution in [-0.4, -0.2) is 40.5 Å². The molecule has 0 spiro atoms. The van der Waals surface area contributed by atoms with Gasteiger partial charge in [0.05, 0.1) is 18.8 Å². The predicted octanol–water partition coefficient (Wildman–Crippen LogP) is 2.76. The standard InChI is InChI=1S/C18H22N4O2/c1-12-5-4-6-19-18(12)21-15-9-13(2)20-16(10-15)17-11-22(14(3)23)7-8-24-17/h4-6,9-10,17H,7-8,11H2,1-3H3,(H,19,20,21). The van der Waals surface area contributed by atoms with Crippen molar-refractivity contribution in [2.75, 3.05) is 25.0 Å². The van der Waals surface area contributed by atoms with Crippen LogP contribution in [0.25, 0.3) is 0 Å². The Morgan fingerprint density at radius 3 is 2.96 bits per heavy atom. The second kappa shape index (κ2) is 6.97. The number of amides is 1. The molecule has 0 saturated carbocycles. The van der Waals surface area contributed by atoms with Crippen LogP contribution in [0, 0.1) is 13.8 Å². The SMILES string of the molecule is CC(=O)N1CCOC(c2cc(Nc3ncccc3C)cc(C)n2)C1. The van der Waals surface area contributed by atoms with Gasteiger partial charge in [-0.1, -0.05) is 6.07 Å². The molecule has 1 atom stereocenters. The van der Waals surface area contributed by atoms with Gasteiger partial charge in [0.15, 0.2) is 0 Å². The molecule has 126 valence electrons. The fourth-order valence-corrected chi connectivity index (χ4v) is 2.80. The van der Waals surface area contributed by atoms with E-state index in [0.29, 0.717) is 19.7 Å². The Morgan fingerprint density at radius 2 is 2.21 bits per heavy atom. The van der Waals surface area contributed by atoms with Gasteiger partial charge in [-0.3, -0.25) is 9.78 Å². The van der Waals surface area contributed by atoms with Crippen molar-refractivity contribution >= 4 is 17.4 Å². The van der Waals surface area contributed by atoms with Crippen molar-refractivity contribution in [2.24, 2.45) is 0 Å². The maximum atomic E-state index is 11.6. The van der Waals surface area contributed by atoms with Gasteiger partial charge in [0.25, 0.3) is 0 Å². The van der Waals surface area contributed by atoms with Crippen molar-refractivity contribution in [1.82, 2.24) is 14.9 Å². The van der Waals surface area contributed by atoms with E-state index in [4.69, 9.17) is 4.74 Å². The summed E-state index contributed by atoms with van der Waals surface area (Å²) in [5, 5.41) is 3.34. The molecule has 2 aromatic heterocycles. The molecule has 2 aromatic rings. The Hall–Kier alpha value is -2.47. The molecule has 1 aliphatic rings. The van der Waals surface area contributed by atoms with Crippen LogP contribution in [0.15, 0.2) is 30.5 Å². The van der Waals surface area contributed by atoms with Gasteiger partial charge in [0, 0.05) is 31.0 Å². The first kappa shape index (κ1) is 16.4. The van der Waals surface area contributed by atoms with Crippen molar-refractivity contribution in [2.45, 2.75) is 26.9 Å². The minimum Gasteiger partial charge on any atom is -0.368 e. The summed E-state index contributed by atoms with van der Waals surface area (Å²) in [5.41, 5.74) is 3.72. The summed E-state index contributed by atoms with van der Waals surface area (Å²) in [7, 11) is 0. The van der Waals surface area contributed by atoms with Crippen LogP contribution < -0.4 is 5.32 Å². The molecule has 1 fully saturated rings. The molecular formula is C18H22N4O2. The van der Waals surface area contributed by atoms with Crippen LogP contribution in [0.3, 0.4) is 0 Å². The smallest absolute Gasteiger partial charge is 0.219 e. The summed E-state index contributed by atoms with van der Waals surface area (Å²) in [5.74, 6) is 0.891. The van der Waals surface area contributed by atoms with Crippen LogP contribution in [-0.2, 0) is 9.53 Å². The van der Waals surface area contributed by atoms with Crippen molar-refractivity contribution in [3.05, 3.63) is 47.4 Å². The summed E-state index contributed by atoms with van der Waals surface area (Å²) in [6, 6.07) is 7.87. The van der Waals surface area contributed by atoms with E-state index in [1.807, 2.05) is 38.1 Å². The molecule has 1 amide bonds. The lowest BCUT2D eigenvalue weighted by atomic mass is 10.1. The Labute approximate surface area is 141 Å². The second-order valence-electron chi connectivity index (χ2n) is 6.04. The van der Waals surface area contributed by atoms with E-state index in [2.05, 4.69) is 15.3 Å². The number of nitrogens with one attached hydrogen (secondary N) is 1. The Morgan fingerprint density at radius 1 is 1.38 bits per heavy atom. The quantitative estimate of drug-likeness (QED) is 0.939. The van der Waals surface area contributed by atoms with E-state index < -0.39 is 0 Å². The van der Waals surface area contributed by atoms with Crippen molar-refractivity contribution < 1.29 is 9.53 Å². The third kappa shape index (κ3) is 3.71. The first-order valence-corrected chi connectivity index (χ1v) is 8.07. The van der Waals surface area contributed by atoms with Gasteiger partial charge in [0.2, 0.25) is 5.91 Å². The molecule has 0 bridgehead atoms. The molecule has 6 nitrogen and oxygen atoms in total.